The standard InChI is InChI=1S/C21H14FNO5S/c22-13-3-1-2-12(8-13)16-17-18(29-19(16)21(27)28)14(9-15(24)23-17)10-4-6-11(7-5-10)20(25)26/h1-8,14H,9H2,(H,23,24)(H,25,26)(H,27,28)/t14-/m1/s1. The van der Waals surface area contributed by atoms with Crippen molar-refractivity contribution in [1.82, 2.24) is 0 Å². The van der Waals surface area contributed by atoms with E-state index < -0.39 is 23.7 Å². The van der Waals surface area contributed by atoms with E-state index >= 15 is 0 Å². The van der Waals surface area contributed by atoms with E-state index in [1.54, 1.807) is 18.2 Å². The topological polar surface area (TPSA) is 104 Å². The second kappa shape index (κ2) is 7.14. The van der Waals surface area contributed by atoms with Crippen molar-refractivity contribution in [3.63, 3.8) is 0 Å². The van der Waals surface area contributed by atoms with Crippen molar-refractivity contribution in [2.75, 3.05) is 5.32 Å². The molecule has 0 aliphatic carbocycles. The number of nitrogens with one attached hydrogen (secondary N) is 1. The van der Waals surface area contributed by atoms with Crippen molar-refractivity contribution in [1.29, 1.82) is 0 Å². The molecule has 0 saturated carbocycles. The molecular formula is C21H14FNO5S. The molecule has 0 saturated heterocycles. The number of anilines is 1. The number of hydrogen-bond acceptors (Lipinski definition) is 4. The number of hydrogen-bond donors (Lipinski definition) is 3. The zero-order valence-electron chi connectivity index (χ0n) is 14.8. The van der Waals surface area contributed by atoms with E-state index in [2.05, 4.69) is 5.32 Å². The summed E-state index contributed by atoms with van der Waals surface area (Å²) in [5, 5.41) is 21.5. The number of fused-ring (bicyclic) bond motifs is 1. The lowest BCUT2D eigenvalue weighted by Gasteiger charge is -2.24. The van der Waals surface area contributed by atoms with Gasteiger partial charge in [-0.2, -0.15) is 0 Å². The highest BCUT2D eigenvalue weighted by molar-refractivity contribution is 7.15. The number of halogens is 1. The second-order valence-electron chi connectivity index (χ2n) is 6.59. The number of aromatic carboxylic acids is 2. The first-order chi connectivity index (χ1) is 13.8. The molecule has 1 aliphatic heterocycles. The Labute approximate surface area is 168 Å². The van der Waals surface area contributed by atoms with Gasteiger partial charge in [-0.15, -0.1) is 11.3 Å². The molecule has 1 atom stereocenters. The maximum atomic E-state index is 13.8. The predicted molar refractivity (Wildman–Crippen MR) is 105 cm³/mol. The molecule has 6 nitrogen and oxygen atoms in total. The van der Waals surface area contributed by atoms with E-state index in [0.29, 0.717) is 21.7 Å². The molecule has 1 aromatic heterocycles. The van der Waals surface area contributed by atoms with Gasteiger partial charge in [-0.25, -0.2) is 14.0 Å². The van der Waals surface area contributed by atoms with E-state index in [0.717, 1.165) is 11.3 Å². The van der Waals surface area contributed by atoms with Crippen LogP contribution in [0.15, 0.2) is 48.5 Å². The first kappa shape index (κ1) is 18.8. The lowest BCUT2D eigenvalue weighted by Crippen LogP contribution is -2.22. The van der Waals surface area contributed by atoms with E-state index in [4.69, 9.17) is 5.11 Å². The summed E-state index contributed by atoms with van der Waals surface area (Å²) in [7, 11) is 0. The minimum Gasteiger partial charge on any atom is -0.478 e. The number of rotatable bonds is 4. The van der Waals surface area contributed by atoms with Crippen LogP contribution in [0.1, 0.15) is 42.8 Å². The third kappa shape index (κ3) is 3.38. The molecule has 8 heteroatoms. The summed E-state index contributed by atoms with van der Waals surface area (Å²) < 4.78 is 13.8. The highest BCUT2D eigenvalue weighted by Crippen LogP contribution is 2.49. The highest BCUT2D eigenvalue weighted by Gasteiger charge is 2.34. The molecule has 0 spiro atoms. The number of benzene rings is 2. The van der Waals surface area contributed by atoms with Crippen LogP contribution in [-0.4, -0.2) is 28.1 Å². The predicted octanol–water partition coefficient (Wildman–Crippen LogP) is 4.42. The van der Waals surface area contributed by atoms with Gasteiger partial charge in [0.1, 0.15) is 10.7 Å². The number of carboxylic acid groups (broad SMARTS) is 2. The summed E-state index contributed by atoms with van der Waals surface area (Å²) in [6, 6.07) is 11.7. The summed E-state index contributed by atoms with van der Waals surface area (Å²) in [5.74, 6) is -3.46. The van der Waals surface area contributed by atoms with Crippen LogP contribution in [0.2, 0.25) is 0 Å². The Hall–Kier alpha value is -3.52. The molecule has 1 aliphatic rings. The number of amides is 1. The van der Waals surface area contributed by atoms with Gasteiger partial charge >= 0.3 is 11.9 Å². The van der Waals surface area contributed by atoms with E-state index in [9.17, 15) is 23.9 Å². The van der Waals surface area contributed by atoms with Gasteiger partial charge in [0.25, 0.3) is 0 Å². The lowest BCUT2D eigenvalue weighted by molar-refractivity contribution is -0.116. The SMILES string of the molecule is O=C1C[C@H](c2ccc(C(=O)O)cc2)c2sc(C(=O)O)c(-c3cccc(F)c3)c2N1. The summed E-state index contributed by atoms with van der Waals surface area (Å²) in [6.45, 7) is 0. The molecule has 0 bridgehead atoms. The van der Waals surface area contributed by atoms with E-state index in [1.165, 1.54) is 30.3 Å². The maximum Gasteiger partial charge on any atom is 0.346 e. The normalized spacial score (nSPS) is 15.5. The van der Waals surface area contributed by atoms with Crippen LogP contribution in [0, 0.1) is 5.82 Å². The van der Waals surface area contributed by atoms with Crippen LogP contribution in [-0.2, 0) is 4.79 Å². The molecule has 1 amide bonds. The molecule has 3 N–H and O–H groups in total. The largest absolute Gasteiger partial charge is 0.478 e. The molecule has 4 rings (SSSR count). The molecular weight excluding hydrogens is 397 g/mol. The van der Waals surface area contributed by atoms with Crippen molar-refractivity contribution in [3.8, 4) is 11.1 Å². The average molecular weight is 411 g/mol. The minimum absolute atomic E-state index is 0.00922. The molecule has 146 valence electrons. The summed E-state index contributed by atoms with van der Waals surface area (Å²) >= 11 is 1.03. The van der Waals surface area contributed by atoms with E-state index in [1.807, 2.05) is 0 Å². The van der Waals surface area contributed by atoms with Crippen LogP contribution in [0.5, 0.6) is 0 Å². The second-order valence-corrected chi connectivity index (χ2v) is 7.65. The Morgan fingerprint density at radius 3 is 2.41 bits per heavy atom. The van der Waals surface area contributed by atoms with Crippen molar-refractivity contribution >= 4 is 34.9 Å². The fourth-order valence-electron chi connectivity index (χ4n) is 3.48. The quantitative estimate of drug-likeness (QED) is 0.589. The van der Waals surface area contributed by atoms with Gasteiger partial charge < -0.3 is 15.5 Å². The van der Waals surface area contributed by atoms with Gasteiger partial charge in [0.15, 0.2) is 0 Å². The monoisotopic (exact) mass is 411 g/mol. The fraction of sp³-hybridized carbons (Fsp3) is 0.0952. The van der Waals surface area contributed by atoms with Crippen LogP contribution in [0.25, 0.3) is 11.1 Å². The fourth-order valence-corrected chi connectivity index (χ4v) is 4.73. The molecule has 29 heavy (non-hydrogen) atoms. The minimum atomic E-state index is -1.17. The van der Waals surface area contributed by atoms with Crippen molar-refractivity contribution in [3.05, 3.63) is 75.2 Å². The average Bonchev–Trinajstić information content (AvgIpc) is 3.07. The number of thiophene rings is 1. The summed E-state index contributed by atoms with van der Waals surface area (Å²) in [6.07, 6.45) is 0.0988. The van der Waals surface area contributed by atoms with Crippen LogP contribution < -0.4 is 5.32 Å². The third-order valence-electron chi connectivity index (χ3n) is 4.77. The van der Waals surface area contributed by atoms with Crippen LogP contribution in [0.3, 0.4) is 0 Å². The third-order valence-corrected chi connectivity index (χ3v) is 6.06. The first-order valence-corrected chi connectivity index (χ1v) is 9.46. The van der Waals surface area contributed by atoms with Gasteiger partial charge in [-0.3, -0.25) is 4.79 Å². The van der Waals surface area contributed by atoms with E-state index in [-0.39, 0.29) is 28.3 Å². The Balaban J connectivity index is 1.89. The molecule has 0 unspecified atom stereocenters. The van der Waals surface area contributed by atoms with Gasteiger partial charge in [0.05, 0.1) is 11.3 Å². The molecule has 0 radical (unpaired) electrons. The van der Waals surface area contributed by atoms with Gasteiger partial charge in [0.2, 0.25) is 5.91 Å². The van der Waals surface area contributed by atoms with Crippen molar-refractivity contribution in [2.24, 2.45) is 0 Å². The Morgan fingerprint density at radius 1 is 1.07 bits per heavy atom. The summed E-state index contributed by atoms with van der Waals surface area (Å²) in [5.41, 5.74) is 1.82. The van der Waals surface area contributed by atoms with Gasteiger partial charge in [-0.1, -0.05) is 24.3 Å². The van der Waals surface area contributed by atoms with Crippen LogP contribution in [0.4, 0.5) is 10.1 Å². The molecule has 0 fully saturated rings. The lowest BCUT2D eigenvalue weighted by atomic mass is 9.88. The summed E-state index contributed by atoms with van der Waals surface area (Å²) in [4.78, 5) is 36.0. The number of carbonyl (C=O) groups excluding carboxylic acids is 1. The zero-order chi connectivity index (χ0) is 20.7. The Kier molecular flexibility index (Phi) is 4.63. The number of carboxylic acids is 2. The maximum absolute atomic E-state index is 13.8. The Morgan fingerprint density at radius 2 is 1.79 bits per heavy atom. The first-order valence-electron chi connectivity index (χ1n) is 8.64. The van der Waals surface area contributed by atoms with Crippen LogP contribution >= 0.6 is 11.3 Å². The smallest absolute Gasteiger partial charge is 0.346 e. The number of carbonyl (C=O) groups is 3. The van der Waals surface area contributed by atoms with Crippen molar-refractivity contribution in [2.45, 2.75) is 12.3 Å². The molecule has 3 aromatic rings. The highest BCUT2D eigenvalue weighted by atomic mass is 32.1. The van der Waals surface area contributed by atoms with Crippen molar-refractivity contribution < 1.29 is 29.0 Å². The molecule has 2 heterocycles. The van der Waals surface area contributed by atoms with Gasteiger partial charge in [-0.05, 0) is 35.4 Å². The Bertz CT molecular complexity index is 1150. The zero-order valence-corrected chi connectivity index (χ0v) is 15.6. The van der Waals surface area contributed by atoms with Gasteiger partial charge in [0, 0.05) is 22.8 Å². The molecule has 2 aromatic carbocycles.